The van der Waals surface area contributed by atoms with Gasteiger partial charge in [-0.1, -0.05) is 0 Å². The summed E-state index contributed by atoms with van der Waals surface area (Å²) in [5.74, 6) is -3.66. The first-order valence-corrected chi connectivity index (χ1v) is 3.90. The molecule has 80 valence electrons. The van der Waals surface area contributed by atoms with Gasteiger partial charge in [-0.25, -0.2) is 13.6 Å². The van der Waals surface area contributed by atoms with Crippen LogP contribution in [0.3, 0.4) is 0 Å². The first-order chi connectivity index (χ1) is 6.99. The molecule has 0 spiro atoms. The van der Waals surface area contributed by atoms with E-state index in [0.717, 1.165) is 12.1 Å². The molecule has 0 aliphatic heterocycles. The number of primary amides is 1. The molecule has 0 unspecified atom stereocenters. The average molecular weight is 215 g/mol. The molecule has 1 rings (SSSR count). The molecule has 0 heterocycles. The topological polar surface area (TPSA) is 69.4 Å². The van der Waals surface area contributed by atoms with E-state index < -0.39 is 30.1 Å². The summed E-state index contributed by atoms with van der Waals surface area (Å²) in [6.45, 7) is -0.628. The fourth-order valence-electron chi connectivity index (χ4n) is 0.892. The minimum absolute atomic E-state index is 0.311. The van der Waals surface area contributed by atoms with Crippen molar-refractivity contribution < 1.29 is 23.1 Å². The Morgan fingerprint density at radius 2 is 1.73 bits per heavy atom. The zero-order valence-corrected chi connectivity index (χ0v) is 7.50. The Morgan fingerprint density at radius 3 is 2.20 bits per heavy atom. The van der Waals surface area contributed by atoms with Crippen molar-refractivity contribution in [3.8, 4) is 0 Å². The zero-order valence-electron chi connectivity index (χ0n) is 7.50. The molecule has 1 amide bonds. The van der Waals surface area contributed by atoms with Crippen LogP contribution in [0.1, 0.15) is 10.4 Å². The third kappa shape index (κ3) is 3.34. The van der Waals surface area contributed by atoms with Crippen LogP contribution in [0.4, 0.5) is 8.78 Å². The van der Waals surface area contributed by atoms with Crippen LogP contribution in [0.25, 0.3) is 0 Å². The summed E-state index contributed by atoms with van der Waals surface area (Å²) in [4.78, 5) is 21.4. The molecule has 0 saturated carbocycles. The summed E-state index contributed by atoms with van der Waals surface area (Å²) in [5.41, 5.74) is 4.40. The lowest BCUT2D eigenvalue weighted by molar-refractivity contribution is -0.121. The van der Waals surface area contributed by atoms with Crippen LogP contribution in [-0.4, -0.2) is 18.5 Å². The molecule has 1 aromatic carbocycles. The van der Waals surface area contributed by atoms with E-state index >= 15 is 0 Å². The number of hydrogen-bond acceptors (Lipinski definition) is 3. The molecule has 2 N–H and O–H groups in total. The van der Waals surface area contributed by atoms with E-state index in [2.05, 4.69) is 4.74 Å². The molecule has 1 aromatic rings. The number of hydrogen-bond donors (Lipinski definition) is 1. The van der Waals surface area contributed by atoms with E-state index in [4.69, 9.17) is 5.73 Å². The van der Waals surface area contributed by atoms with E-state index in [-0.39, 0.29) is 5.56 Å². The van der Waals surface area contributed by atoms with Crippen LogP contribution in [-0.2, 0) is 9.53 Å². The SMILES string of the molecule is NC(=O)COC(=O)c1cc(F)cc(F)c1. The van der Waals surface area contributed by atoms with Crippen molar-refractivity contribution in [1.82, 2.24) is 0 Å². The Hall–Kier alpha value is -1.98. The average Bonchev–Trinajstić information content (AvgIpc) is 2.12. The van der Waals surface area contributed by atoms with Gasteiger partial charge >= 0.3 is 5.97 Å². The first kappa shape index (κ1) is 11.1. The molecular formula is C9H7F2NO3. The van der Waals surface area contributed by atoms with Crippen molar-refractivity contribution in [2.24, 2.45) is 5.73 Å². The number of benzene rings is 1. The number of rotatable bonds is 3. The minimum atomic E-state index is -1.01. The Bertz CT molecular complexity index is 386. The molecule has 0 aliphatic rings. The molecule has 15 heavy (non-hydrogen) atoms. The molecule has 0 atom stereocenters. The molecule has 0 aromatic heterocycles. The summed E-state index contributed by atoms with van der Waals surface area (Å²) in [6.07, 6.45) is 0. The third-order valence-corrected chi connectivity index (χ3v) is 1.44. The van der Waals surface area contributed by atoms with Crippen LogP contribution in [0.2, 0.25) is 0 Å². The normalized spacial score (nSPS) is 9.73. The Balaban J connectivity index is 2.77. The van der Waals surface area contributed by atoms with Gasteiger partial charge in [0, 0.05) is 6.07 Å². The highest BCUT2D eigenvalue weighted by Gasteiger charge is 2.11. The number of amides is 1. The molecule has 0 fully saturated rings. The van der Waals surface area contributed by atoms with Gasteiger partial charge in [0.2, 0.25) is 0 Å². The van der Waals surface area contributed by atoms with Gasteiger partial charge in [0.1, 0.15) is 11.6 Å². The summed E-state index contributed by atoms with van der Waals surface area (Å²) < 4.78 is 29.6. The molecule has 0 bridgehead atoms. The first-order valence-electron chi connectivity index (χ1n) is 3.90. The summed E-state index contributed by atoms with van der Waals surface area (Å²) in [5, 5.41) is 0. The fraction of sp³-hybridized carbons (Fsp3) is 0.111. The fourth-order valence-corrected chi connectivity index (χ4v) is 0.892. The van der Waals surface area contributed by atoms with Gasteiger partial charge in [0.15, 0.2) is 6.61 Å². The van der Waals surface area contributed by atoms with E-state index in [0.29, 0.717) is 6.07 Å². The van der Waals surface area contributed by atoms with Gasteiger partial charge in [-0.05, 0) is 12.1 Å². The highest BCUT2D eigenvalue weighted by atomic mass is 19.1. The standard InChI is InChI=1S/C9H7F2NO3/c10-6-1-5(2-7(11)3-6)9(14)15-4-8(12)13/h1-3H,4H2,(H2,12,13). The number of nitrogens with two attached hydrogens (primary N) is 1. The van der Waals surface area contributed by atoms with Crippen LogP contribution in [0.15, 0.2) is 18.2 Å². The molecule has 0 radical (unpaired) electrons. The van der Waals surface area contributed by atoms with Gasteiger partial charge in [-0.15, -0.1) is 0 Å². The predicted octanol–water partition coefficient (Wildman–Crippen LogP) is 0.607. The Morgan fingerprint density at radius 1 is 1.20 bits per heavy atom. The largest absolute Gasteiger partial charge is 0.452 e. The van der Waals surface area contributed by atoms with Gasteiger partial charge in [-0.2, -0.15) is 0 Å². The molecule has 4 nitrogen and oxygen atoms in total. The van der Waals surface area contributed by atoms with Crippen LogP contribution in [0, 0.1) is 11.6 Å². The Labute approximate surface area is 83.6 Å². The summed E-state index contributed by atoms with van der Waals surface area (Å²) in [6, 6.07) is 2.21. The highest BCUT2D eigenvalue weighted by molar-refractivity contribution is 5.91. The van der Waals surface area contributed by atoms with E-state index in [1.807, 2.05) is 0 Å². The smallest absolute Gasteiger partial charge is 0.338 e. The maximum absolute atomic E-state index is 12.6. The van der Waals surface area contributed by atoms with E-state index in [1.54, 1.807) is 0 Å². The number of halogens is 2. The Kier molecular flexibility index (Phi) is 3.33. The number of carbonyl (C=O) groups is 2. The van der Waals surface area contributed by atoms with E-state index in [1.165, 1.54) is 0 Å². The van der Waals surface area contributed by atoms with Crippen LogP contribution in [0.5, 0.6) is 0 Å². The summed E-state index contributed by atoms with van der Waals surface area (Å²) >= 11 is 0. The van der Waals surface area contributed by atoms with Gasteiger partial charge in [0.05, 0.1) is 5.56 Å². The number of carbonyl (C=O) groups excluding carboxylic acids is 2. The molecule has 0 saturated heterocycles. The number of esters is 1. The second-order valence-corrected chi connectivity index (χ2v) is 2.70. The lowest BCUT2D eigenvalue weighted by Gasteiger charge is -2.02. The molecule has 6 heteroatoms. The van der Waals surface area contributed by atoms with Crippen molar-refractivity contribution in [3.63, 3.8) is 0 Å². The number of ether oxygens (including phenoxy) is 1. The molecular weight excluding hydrogens is 208 g/mol. The highest BCUT2D eigenvalue weighted by Crippen LogP contribution is 2.08. The van der Waals surface area contributed by atoms with Crippen molar-refractivity contribution >= 4 is 11.9 Å². The summed E-state index contributed by atoms with van der Waals surface area (Å²) in [7, 11) is 0. The third-order valence-electron chi connectivity index (χ3n) is 1.44. The van der Waals surface area contributed by atoms with Gasteiger partial charge in [-0.3, -0.25) is 4.79 Å². The lowest BCUT2D eigenvalue weighted by Crippen LogP contribution is -2.21. The second kappa shape index (κ2) is 4.50. The molecule has 0 aliphatic carbocycles. The van der Waals surface area contributed by atoms with Gasteiger partial charge < -0.3 is 10.5 Å². The zero-order chi connectivity index (χ0) is 11.4. The van der Waals surface area contributed by atoms with Crippen molar-refractivity contribution in [1.29, 1.82) is 0 Å². The van der Waals surface area contributed by atoms with Crippen molar-refractivity contribution in [2.75, 3.05) is 6.61 Å². The quantitative estimate of drug-likeness (QED) is 0.751. The van der Waals surface area contributed by atoms with Crippen LogP contribution >= 0.6 is 0 Å². The van der Waals surface area contributed by atoms with Gasteiger partial charge in [0.25, 0.3) is 5.91 Å². The minimum Gasteiger partial charge on any atom is -0.452 e. The van der Waals surface area contributed by atoms with Crippen molar-refractivity contribution in [3.05, 3.63) is 35.4 Å². The van der Waals surface area contributed by atoms with E-state index in [9.17, 15) is 18.4 Å². The maximum Gasteiger partial charge on any atom is 0.338 e. The predicted molar refractivity (Wildman–Crippen MR) is 45.8 cm³/mol. The van der Waals surface area contributed by atoms with Crippen molar-refractivity contribution in [2.45, 2.75) is 0 Å². The van der Waals surface area contributed by atoms with Crippen LogP contribution < -0.4 is 5.73 Å². The monoisotopic (exact) mass is 215 g/mol. The maximum atomic E-state index is 12.6. The second-order valence-electron chi connectivity index (χ2n) is 2.70. The lowest BCUT2D eigenvalue weighted by atomic mass is 10.2.